The molecule has 0 aliphatic heterocycles. The Morgan fingerprint density at radius 1 is 0.467 bits per heavy atom. The number of carbonyl (C=O) groups excluding carboxylic acids is 2. The summed E-state index contributed by atoms with van der Waals surface area (Å²) >= 11 is 0. The second-order valence-electron chi connectivity index (χ2n) is 5.51. The minimum atomic E-state index is -0.649. The van der Waals surface area contributed by atoms with E-state index in [1.54, 1.807) is 0 Å². The molecule has 0 aliphatic rings. The summed E-state index contributed by atoms with van der Waals surface area (Å²) in [6.45, 7) is 9.63. The van der Waals surface area contributed by atoms with Gasteiger partial charge in [-0.15, -0.1) is 0 Å². The Morgan fingerprint density at radius 3 is 1.03 bits per heavy atom. The van der Waals surface area contributed by atoms with Gasteiger partial charge in [0, 0.05) is 25.4 Å². The molecular weight excluding hydrogens is 400 g/mol. The van der Waals surface area contributed by atoms with Gasteiger partial charge < -0.3 is 37.9 Å². The fourth-order valence-electron chi connectivity index (χ4n) is 1.80. The van der Waals surface area contributed by atoms with Crippen molar-refractivity contribution in [1.82, 2.24) is 0 Å². The molecule has 0 amide bonds. The zero-order valence-corrected chi connectivity index (χ0v) is 18.1. The summed E-state index contributed by atoms with van der Waals surface area (Å²) in [6.07, 6.45) is 2.01. The topological polar surface area (TPSA) is 108 Å². The number of esters is 2. The van der Waals surface area contributed by atoms with Crippen LogP contribution < -0.4 is 0 Å². The molecule has 0 radical (unpaired) electrons. The van der Waals surface area contributed by atoms with Crippen LogP contribution in [0.5, 0.6) is 0 Å². The first-order chi connectivity index (χ1) is 14.7. The Bertz CT molecular complexity index is 390. The van der Waals surface area contributed by atoms with Crippen molar-refractivity contribution in [2.45, 2.75) is 13.8 Å². The lowest BCUT2D eigenvalue weighted by Gasteiger charge is -2.06. The van der Waals surface area contributed by atoms with Crippen LogP contribution >= 0.6 is 0 Å². The van der Waals surface area contributed by atoms with Crippen LogP contribution in [-0.4, -0.2) is 104 Å². The number of ether oxygens (including phenoxy) is 8. The predicted octanol–water partition coefficient (Wildman–Crippen LogP) is 0.768. The van der Waals surface area contributed by atoms with Crippen molar-refractivity contribution in [1.29, 1.82) is 0 Å². The van der Waals surface area contributed by atoms with E-state index in [0.717, 1.165) is 12.2 Å². The van der Waals surface area contributed by atoms with Crippen LogP contribution in [0.4, 0.5) is 0 Å². The highest BCUT2D eigenvalue weighted by molar-refractivity contribution is 5.91. The molecule has 0 spiro atoms. The van der Waals surface area contributed by atoms with Crippen molar-refractivity contribution < 1.29 is 47.5 Å². The monoisotopic (exact) mass is 436 g/mol. The maximum Gasteiger partial charge on any atom is 0.331 e. The molecule has 0 aromatic heterocycles. The maximum atomic E-state index is 11.5. The molecule has 0 rings (SSSR count). The van der Waals surface area contributed by atoms with E-state index in [1.165, 1.54) is 0 Å². The minimum absolute atomic E-state index is 0.0810. The fourth-order valence-corrected chi connectivity index (χ4v) is 1.80. The maximum absolute atomic E-state index is 11.5. The average Bonchev–Trinajstić information content (AvgIpc) is 2.75. The van der Waals surface area contributed by atoms with Gasteiger partial charge in [0.25, 0.3) is 0 Å². The van der Waals surface area contributed by atoms with Crippen LogP contribution in [0, 0.1) is 0 Å². The van der Waals surface area contributed by atoms with E-state index in [0.29, 0.717) is 66.1 Å². The zero-order valence-electron chi connectivity index (χ0n) is 18.1. The summed E-state index contributed by atoms with van der Waals surface area (Å²) in [5, 5.41) is 0. The van der Waals surface area contributed by atoms with Crippen LogP contribution in [0.15, 0.2) is 12.2 Å². The van der Waals surface area contributed by atoms with Crippen molar-refractivity contribution in [2.75, 3.05) is 92.5 Å². The van der Waals surface area contributed by atoms with E-state index < -0.39 is 11.9 Å². The first kappa shape index (κ1) is 28.4. The van der Waals surface area contributed by atoms with Crippen LogP contribution in [0.1, 0.15) is 13.8 Å². The van der Waals surface area contributed by atoms with Gasteiger partial charge >= 0.3 is 11.9 Å². The number of rotatable bonds is 22. The molecule has 0 bridgehead atoms. The van der Waals surface area contributed by atoms with Crippen LogP contribution in [0.2, 0.25) is 0 Å². The molecule has 0 unspecified atom stereocenters. The number of carbonyl (C=O) groups is 2. The summed E-state index contributed by atoms with van der Waals surface area (Å²) in [6, 6.07) is 0. The zero-order chi connectivity index (χ0) is 22.1. The third-order valence-corrected chi connectivity index (χ3v) is 3.20. The lowest BCUT2D eigenvalue weighted by atomic mass is 10.5. The summed E-state index contributed by atoms with van der Waals surface area (Å²) in [5.41, 5.74) is 0. The van der Waals surface area contributed by atoms with Gasteiger partial charge in [-0.05, 0) is 13.8 Å². The SMILES string of the molecule is CCOCCOCCOCCOC(=O)/C=C/C(=O)OCCOCCOCCOCC. The average molecular weight is 436 g/mol. The van der Waals surface area contributed by atoms with E-state index in [2.05, 4.69) is 0 Å². The lowest BCUT2D eigenvalue weighted by Crippen LogP contribution is -2.14. The Balaban J connectivity index is 3.41. The standard InChI is InChI=1S/C20H36O10/c1-3-23-7-9-25-11-13-27-15-17-29-19(21)5-6-20(22)30-18-16-28-14-12-26-10-8-24-4-2/h5-6H,3-4,7-18H2,1-2H3/b6-5+. The van der Waals surface area contributed by atoms with Gasteiger partial charge in [-0.1, -0.05) is 0 Å². The van der Waals surface area contributed by atoms with E-state index in [4.69, 9.17) is 37.9 Å². The van der Waals surface area contributed by atoms with Crippen molar-refractivity contribution in [3.63, 3.8) is 0 Å². The summed E-state index contributed by atoms with van der Waals surface area (Å²) in [5.74, 6) is -1.30. The van der Waals surface area contributed by atoms with Crippen molar-refractivity contribution in [2.24, 2.45) is 0 Å². The molecular formula is C20H36O10. The van der Waals surface area contributed by atoms with E-state index in [1.807, 2.05) is 13.8 Å². The largest absolute Gasteiger partial charge is 0.460 e. The minimum Gasteiger partial charge on any atom is -0.460 e. The van der Waals surface area contributed by atoms with Crippen LogP contribution in [-0.2, 0) is 47.5 Å². The Morgan fingerprint density at radius 2 is 0.733 bits per heavy atom. The molecule has 0 saturated carbocycles. The summed E-state index contributed by atoms with van der Waals surface area (Å²) in [7, 11) is 0. The molecule has 0 atom stereocenters. The molecule has 0 N–H and O–H groups in total. The van der Waals surface area contributed by atoms with Crippen LogP contribution in [0.25, 0.3) is 0 Å². The van der Waals surface area contributed by atoms with E-state index >= 15 is 0 Å². The van der Waals surface area contributed by atoms with Gasteiger partial charge in [0.05, 0.1) is 66.1 Å². The summed E-state index contributed by atoms with van der Waals surface area (Å²) < 4.78 is 41.1. The highest BCUT2D eigenvalue weighted by Gasteiger charge is 2.01. The molecule has 30 heavy (non-hydrogen) atoms. The summed E-state index contributed by atoms with van der Waals surface area (Å²) in [4.78, 5) is 22.9. The van der Waals surface area contributed by atoms with Gasteiger partial charge in [0.1, 0.15) is 13.2 Å². The molecule has 0 saturated heterocycles. The van der Waals surface area contributed by atoms with Crippen molar-refractivity contribution in [3.05, 3.63) is 12.2 Å². The molecule has 0 aromatic rings. The lowest BCUT2D eigenvalue weighted by molar-refractivity contribution is -0.142. The van der Waals surface area contributed by atoms with Gasteiger partial charge in [0.2, 0.25) is 0 Å². The molecule has 0 fully saturated rings. The van der Waals surface area contributed by atoms with Gasteiger partial charge in [-0.3, -0.25) is 0 Å². The molecule has 0 aromatic carbocycles. The third-order valence-electron chi connectivity index (χ3n) is 3.20. The first-order valence-electron chi connectivity index (χ1n) is 10.2. The smallest absolute Gasteiger partial charge is 0.331 e. The van der Waals surface area contributed by atoms with E-state index in [-0.39, 0.29) is 26.4 Å². The normalized spacial score (nSPS) is 11.1. The van der Waals surface area contributed by atoms with Gasteiger partial charge in [-0.2, -0.15) is 0 Å². The Hall–Kier alpha value is -1.56. The van der Waals surface area contributed by atoms with Crippen molar-refractivity contribution in [3.8, 4) is 0 Å². The first-order valence-corrected chi connectivity index (χ1v) is 10.2. The highest BCUT2D eigenvalue weighted by Crippen LogP contribution is 1.88. The third kappa shape index (κ3) is 22.7. The van der Waals surface area contributed by atoms with Gasteiger partial charge in [-0.25, -0.2) is 9.59 Å². The molecule has 176 valence electrons. The molecule has 10 nitrogen and oxygen atoms in total. The fraction of sp³-hybridized carbons (Fsp3) is 0.800. The Labute approximate surface area is 178 Å². The van der Waals surface area contributed by atoms with Gasteiger partial charge in [0.15, 0.2) is 0 Å². The number of hydrogen-bond acceptors (Lipinski definition) is 10. The van der Waals surface area contributed by atoms with E-state index in [9.17, 15) is 9.59 Å². The van der Waals surface area contributed by atoms with Crippen molar-refractivity contribution >= 4 is 11.9 Å². The number of hydrogen-bond donors (Lipinski definition) is 0. The molecule has 0 heterocycles. The van der Waals surface area contributed by atoms with Crippen LogP contribution in [0.3, 0.4) is 0 Å². The second kappa shape index (κ2) is 23.7. The second-order valence-corrected chi connectivity index (χ2v) is 5.51. The highest BCUT2D eigenvalue weighted by atomic mass is 16.6. The molecule has 0 aliphatic carbocycles. The Kier molecular flexibility index (Phi) is 22.5. The molecule has 10 heteroatoms. The quantitative estimate of drug-likeness (QED) is 0.137. The predicted molar refractivity (Wildman–Crippen MR) is 107 cm³/mol.